The van der Waals surface area contributed by atoms with E-state index in [-0.39, 0.29) is 0 Å². The molecule has 0 radical (unpaired) electrons. The lowest BCUT2D eigenvalue weighted by Crippen LogP contribution is -2.15. The van der Waals surface area contributed by atoms with Gasteiger partial charge in [-0.2, -0.15) is 0 Å². The van der Waals surface area contributed by atoms with Crippen molar-refractivity contribution in [3.8, 4) is 11.5 Å². The van der Waals surface area contributed by atoms with Crippen LogP contribution in [0.1, 0.15) is 12.5 Å². The van der Waals surface area contributed by atoms with Crippen molar-refractivity contribution < 1.29 is 19.1 Å². The number of fused-ring (bicyclic) bond motifs is 1. The molecule has 0 bridgehead atoms. The van der Waals surface area contributed by atoms with E-state index in [1.165, 1.54) is 13.1 Å². The molecule has 1 heterocycles. The summed E-state index contributed by atoms with van der Waals surface area (Å²) in [4.78, 5) is 14.9. The van der Waals surface area contributed by atoms with Crippen molar-refractivity contribution in [3.05, 3.63) is 23.8 Å². The third-order valence-electron chi connectivity index (χ3n) is 1.95. The summed E-state index contributed by atoms with van der Waals surface area (Å²) in [5, 5.41) is 3.52. The molecule has 0 aliphatic carbocycles. The highest BCUT2D eigenvalue weighted by atomic mass is 16.7. The predicted molar refractivity (Wildman–Crippen MR) is 56.8 cm³/mol. The molecule has 1 aliphatic rings. The molecule has 0 amide bonds. The fourth-order valence-corrected chi connectivity index (χ4v) is 1.30. The lowest BCUT2D eigenvalue weighted by Gasteiger charge is -2.18. The fourth-order valence-electron chi connectivity index (χ4n) is 1.30. The van der Waals surface area contributed by atoms with Crippen LogP contribution in [0.3, 0.4) is 0 Å². The number of rotatable bonds is 2. The minimum Gasteiger partial charge on any atom is -0.486 e. The summed E-state index contributed by atoms with van der Waals surface area (Å²) in [6.07, 6.45) is 1.44. The third kappa shape index (κ3) is 2.50. The Morgan fingerprint density at radius 2 is 2.12 bits per heavy atom. The van der Waals surface area contributed by atoms with Gasteiger partial charge >= 0.3 is 5.97 Å². The number of carbonyl (C=O) groups is 1. The Morgan fingerprint density at radius 3 is 2.88 bits per heavy atom. The van der Waals surface area contributed by atoms with Crippen molar-refractivity contribution in [2.75, 3.05) is 13.2 Å². The minimum atomic E-state index is -0.450. The molecule has 0 N–H and O–H groups in total. The van der Waals surface area contributed by atoms with Gasteiger partial charge in [-0.25, -0.2) is 4.79 Å². The molecule has 16 heavy (non-hydrogen) atoms. The number of nitrogens with zero attached hydrogens (tertiary/aromatic N) is 1. The van der Waals surface area contributed by atoms with E-state index in [0.29, 0.717) is 19.0 Å². The molecule has 2 rings (SSSR count). The zero-order valence-electron chi connectivity index (χ0n) is 8.80. The third-order valence-corrected chi connectivity index (χ3v) is 1.95. The molecule has 0 atom stereocenters. The molecular formula is C11H11NO4. The van der Waals surface area contributed by atoms with Gasteiger partial charge in [-0.05, 0) is 18.2 Å². The van der Waals surface area contributed by atoms with E-state index in [1.807, 2.05) is 0 Å². The molecule has 0 saturated carbocycles. The zero-order chi connectivity index (χ0) is 11.4. The van der Waals surface area contributed by atoms with Crippen LogP contribution in [0.15, 0.2) is 23.4 Å². The molecule has 5 heteroatoms. The maximum Gasteiger partial charge on any atom is 0.331 e. The second-order valence-electron chi connectivity index (χ2n) is 3.22. The summed E-state index contributed by atoms with van der Waals surface area (Å²) in [5.74, 6) is 0.947. The smallest absolute Gasteiger partial charge is 0.331 e. The van der Waals surface area contributed by atoms with Gasteiger partial charge in [0.2, 0.25) is 0 Å². The standard InChI is InChI=1S/C11H11NO4/c1-8(13)16-12-7-9-2-3-10-11(6-9)15-5-4-14-10/h2-3,6-7H,4-5H2,1H3. The van der Waals surface area contributed by atoms with E-state index in [9.17, 15) is 4.79 Å². The van der Waals surface area contributed by atoms with Crippen LogP contribution in [0, 0.1) is 0 Å². The first-order valence-electron chi connectivity index (χ1n) is 4.86. The average Bonchev–Trinajstić information content (AvgIpc) is 2.28. The van der Waals surface area contributed by atoms with Crippen LogP contribution in [-0.2, 0) is 9.63 Å². The molecule has 0 fully saturated rings. The van der Waals surface area contributed by atoms with E-state index in [2.05, 4.69) is 9.99 Å². The highest BCUT2D eigenvalue weighted by Crippen LogP contribution is 2.30. The van der Waals surface area contributed by atoms with Crippen molar-refractivity contribution in [3.63, 3.8) is 0 Å². The molecule has 1 aromatic rings. The highest BCUT2D eigenvalue weighted by molar-refractivity contribution is 5.81. The first-order chi connectivity index (χ1) is 7.75. The van der Waals surface area contributed by atoms with E-state index in [4.69, 9.17) is 9.47 Å². The summed E-state index contributed by atoms with van der Waals surface area (Å²) in [5.41, 5.74) is 0.783. The Bertz CT molecular complexity index is 428. The fraction of sp³-hybridized carbons (Fsp3) is 0.273. The molecule has 0 unspecified atom stereocenters. The highest BCUT2D eigenvalue weighted by Gasteiger charge is 2.10. The van der Waals surface area contributed by atoms with Crippen LogP contribution >= 0.6 is 0 Å². The van der Waals surface area contributed by atoms with Gasteiger partial charge in [0.25, 0.3) is 0 Å². The van der Waals surface area contributed by atoms with Crippen LogP contribution in [-0.4, -0.2) is 25.4 Å². The molecular weight excluding hydrogens is 210 g/mol. The van der Waals surface area contributed by atoms with Gasteiger partial charge in [0.05, 0.1) is 6.21 Å². The molecule has 1 aromatic carbocycles. The van der Waals surface area contributed by atoms with Crippen LogP contribution < -0.4 is 9.47 Å². The number of benzene rings is 1. The van der Waals surface area contributed by atoms with Crippen LogP contribution in [0.2, 0.25) is 0 Å². The van der Waals surface area contributed by atoms with Crippen LogP contribution in [0.25, 0.3) is 0 Å². The van der Waals surface area contributed by atoms with Gasteiger partial charge in [0.1, 0.15) is 13.2 Å². The van der Waals surface area contributed by atoms with E-state index in [1.54, 1.807) is 18.2 Å². The Kier molecular flexibility index (Phi) is 3.05. The SMILES string of the molecule is CC(=O)ON=Cc1ccc2c(c1)OCCO2. The van der Waals surface area contributed by atoms with Crippen molar-refractivity contribution in [1.82, 2.24) is 0 Å². The number of oxime groups is 1. The molecule has 0 aromatic heterocycles. The maximum absolute atomic E-state index is 10.5. The summed E-state index contributed by atoms with van der Waals surface area (Å²) in [7, 11) is 0. The number of hydrogen-bond donors (Lipinski definition) is 0. The van der Waals surface area contributed by atoms with Crippen molar-refractivity contribution in [2.45, 2.75) is 6.92 Å². The Morgan fingerprint density at radius 1 is 1.38 bits per heavy atom. The largest absolute Gasteiger partial charge is 0.486 e. The van der Waals surface area contributed by atoms with Gasteiger partial charge in [0, 0.05) is 12.5 Å². The zero-order valence-corrected chi connectivity index (χ0v) is 8.80. The monoisotopic (exact) mass is 221 g/mol. The van der Waals surface area contributed by atoms with Gasteiger partial charge < -0.3 is 14.3 Å². The molecule has 0 spiro atoms. The maximum atomic E-state index is 10.5. The van der Waals surface area contributed by atoms with Crippen molar-refractivity contribution in [1.29, 1.82) is 0 Å². The Labute approximate surface area is 92.6 Å². The van der Waals surface area contributed by atoms with E-state index < -0.39 is 5.97 Å². The Balaban J connectivity index is 2.11. The Hall–Kier alpha value is -2.04. The van der Waals surface area contributed by atoms with Gasteiger partial charge in [-0.3, -0.25) is 0 Å². The molecule has 84 valence electrons. The molecule has 1 aliphatic heterocycles. The van der Waals surface area contributed by atoms with E-state index >= 15 is 0 Å². The summed E-state index contributed by atoms with van der Waals surface area (Å²) in [6.45, 7) is 2.40. The number of carbonyl (C=O) groups excluding carboxylic acids is 1. The predicted octanol–water partition coefficient (Wildman–Crippen LogP) is 1.35. The average molecular weight is 221 g/mol. The van der Waals surface area contributed by atoms with Crippen molar-refractivity contribution >= 4 is 12.2 Å². The van der Waals surface area contributed by atoms with Crippen LogP contribution in [0.4, 0.5) is 0 Å². The van der Waals surface area contributed by atoms with Gasteiger partial charge in [-0.15, -0.1) is 0 Å². The lowest BCUT2D eigenvalue weighted by molar-refractivity contribution is -0.140. The van der Waals surface area contributed by atoms with Gasteiger partial charge in [0.15, 0.2) is 11.5 Å². The first kappa shape index (κ1) is 10.5. The molecule has 5 nitrogen and oxygen atoms in total. The quantitative estimate of drug-likeness (QED) is 0.430. The number of ether oxygens (including phenoxy) is 2. The minimum absolute atomic E-state index is 0.450. The van der Waals surface area contributed by atoms with Crippen molar-refractivity contribution in [2.24, 2.45) is 5.16 Å². The summed E-state index contributed by atoms with van der Waals surface area (Å²) in [6, 6.07) is 5.38. The second-order valence-corrected chi connectivity index (χ2v) is 3.22. The topological polar surface area (TPSA) is 57.1 Å². The summed E-state index contributed by atoms with van der Waals surface area (Å²) >= 11 is 0. The van der Waals surface area contributed by atoms with E-state index in [0.717, 1.165) is 11.3 Å². The van der Waals surface area contributed by atoms with Crippen LogP contribution in [0.5, 0.6) is 11.5 Å². The molecule has 0 saturated heterocycles. The first-order valence-corrected chi connectivity index (χ1v) is 4.86. The van der Waals surface area contributed by atoms with Gasteiger partial charge in [-0.1, -0.05) is 5.16 Å². The summed E-state index contributed by atoms with van der Waals surface area (Å²) < 4.78 is 10.8. The lowest BCUT2D eigenvalue weighted by atomic mass is 10.2. The normalized spacial score (nSPS) is 13.8. The number of hydrogen-bond acceptors (Lipinski definition) is 5. The second kappa shape index (κ2) is 4.65.